The maximum atomic E-state index is 9.75. The SMILES string of the molecule is N#Cc1cc2c(nc1N1CCC[C@@H](c3nnc4n3CCCCC4)C1)CCCC2. The molecule has 6 nitrogen and oxygen atoms in total. The van der Waals surface area contributed by atoms with Crippen molar-refractivity contribution in [3.8, 4) is 6.07 Å². The number of hydrogen-bond donors (Lipinski definition) is 0. The van der Waals surface area contributed by atoms with Crippen LogP contribution in [0.1, 0.15) is 79.3 Å². The third-order valence-electron chi connectivity index (χ3n) is 6.63. The average molecular weight is 377 g/mol. The molecule has 0 spiro atoms. The Kier molecular flexibility index (Phi) is 4.76. The molecule has 1 aliphatic carbocycles. The minimum Gasteiger partial charge on any atom is -0.355 e. The molecule has 6 heteroatoms. The van der Waals surface area contributed by atoms with Crippen LogP contribution in [0.5, 0.6) is 0 Å². The molecule has 0 saturated carbocycles. The molecule has 1 atom stereocenters. The Bertz CT molecular complexity index is 908. The maximum absolute atomic E-state index is 9.75. The fourth-order valence-electron chi connectivity index (χ4n) is 5.14. The smallest absolute Gasteiger partial charge is 0.146 e. The number of rotatable bonds is 2. The van der Waals surface area contributed by atoms with E-state index in [4.69, 9.17) is 4.98 Å². The molecule has 28 heavy (non-hydrogen) atoms. The van der Waals surface area contributed by atoms with E-state index in [1.54, 1.807) is 0 Å². The number of aryl methyl sites for hydroxylation is 3. The Balaban J connectivity index is 1.44. The van der Waals surface area contributed by atoms with Crippen molar-refractivity contribution in [3.05, 3.63) is 34.5 Å². The molecular formula is C22H28N6. The first-order chi connectivity index (χ1) is 13.8. The number of fused-ring (bicyclic) bond motifs is 2. The van der Waals surface area contributed by atoms with Crippen LogP contribution in [0.15, 0.2) is 6.07 Å². The Morgan fingerprint density at radius 1 is 0.964 bits per heavy atom. The van der Waals surface area contributed by atoms with E-state index >= 15 is 0 Å². The summed E-state index contributed by atoms with van der Waals surface area (Å²) in [7, 11) is 0. The molecule has 4 heterocycles. The molecule has 1 saturated heterocycles. The zero-order valence-corrected chi connectivity index (χ0v) is 16.5. The van der Waals surface area contributed by atoms with Crippen LogP contribution >= 0.6 is 0 Å². The predicted molar refractivity (Wildman–Crippen MR) is 107 cm³/mol. The number of aromatic nitrogens is 4. The lowest BCUT2D eigenvalue weighted by Crippen LogP contribution is -2.37. The van der Waals surface area contributed by atoms with Gasteiger partial charge in [0.1, 0.15) is 23.5 Å². The second-order valence-electron chi connectivity index (χ2n) is 8.51. The molecule has 2 aromatic rings. The van der Waals surface area contributed by atoms with Crippen LogP contribution in [0, 0.1) is 11.3 Å². The molecule has 0 aromatic carbocycles. The van der Waals surface area contributed by atoms with Crippen molar-refractivity contribution < 1.29 is 0 Å². The van der Waals surface area contributed by atoms with Crippen LogP contribution in [0.2, 0.25) is 0 Å². The summed E-state index contributed by atoms with van der Waals surface area (Å²) in [5, 5.41) is 18.9. The molecule has 0 radical (unpaired) electrons. The van der Waals surface area contributed by atoms with Gasteiger partial charge in [-0.05, 0) is 63.0 Å². The zero-order chi connectivity index (χ0) is 18.9. The van der Waals surface area contributed by atoms with Crippen LogP contribution in [0.25, 0.3) is 0 Å². The van der Waals surface area contributed by atoms with Crippen LogP contribution in [-0.2, 0) is 25.8 Å². The highest BCUT2D eigenvalue weighted by molar-refractivity contribution is 5.57. The van der Waals surface area contributed by atoms with Gasteiger partial charge in [0, 0.05) is 37.7 Å². The van der Waals surface area contributed by atoms with E-state index in [-0.39, 0.29) is 0 Å². The first-order valence-corrected chi connectivity index (χ1v) is 10.9. The van der Waals surface area contributed by atoms with Crippen molar-refractivity contribution in [3.63, 3.8) is 0 Å². The van der Waals surface area contributed by atoms with Gasteiger partial charge in [-0.1, -0.05) is 6.42 Å². The highest BCUT2D eigenvalue weighted by Crippen LogP contribution is 2.33. The number of pyridine rings is 1. The first-order valence-electron chi connectivity index (χ1n) is 10.9. The quantitative estimate of drug-likeness (QED) is 0.802. The van der Waals surface area contributed by atoms with Gasteiger partial charge in [-0.2, -0.15) is 5.26 Å². The summed E-state index contributed by atoms with van der Waals surface area (Å²) in [6.07, 6.45) is 11.5. The minimum absolute atomic E-state index is 0.373. The van der Waals surface area contributed by atoms with E-state index in [9.17, 15) is 5.26 Å². The Labute approximate surface area is 166 Å². The normalized spacial score (nSPS) is 22.1. The van der Waals surface area contributed by atoms with Crippen molar-refractivity contribution in [1.29, 1.82) is 5.26 Å². The highest BCUT2D eigenvalue weighted by Gasteiger charge is 2.29. The summed E-state index contributed by atoms with van der Waals surface area (Å²) in [6.45, 7) is 2.91. The Hall–Kier alpha value is -2.42. The van der Waals surface area contributed by atoms with Crippen LogP contribution < -0.4 is 4.90 Å². The van der Waals surface area contributed by atoms with Gasteiger partial charge in [0.05, 0.1) is 5.56 Å². The summed E-state index contributed by atoms with van der Waals surface area (Å²) in [4.78, 5) is 7.32. The molecule has 2 aliphatic heterocycles. The number of nitrogens with zero attached hydrogens (tertiary/aromatic N) is 6. The fourth-order valence-corrected chi connectivity index (χ4v) is 5.14. The van der Waals surface area contributed by atoms with E-state index in [1.807, 2.05) is 0 Å². The fraction of sp³-hybridized carbons (Fsp3) is 0.636. The highest BCUT2D eigenvalue weighted by atomic mass is 15.3. The maximum Gasteiger partial charge on any atom is 0.146 e. The van der Waals surface area contributed by atoms with Crippen LogP contribution in [0.4, 0.5) is 5.82 Å². The summed E-state index contributed by atoms with van der Waals surface area (Å²) in [5.74, 6) is 3.58. The molecule has 0 unspecified atom stereocenters. The lowest BCUT2D eigenvalue weighted by atomic mass is 9.93. The molecule has 0 amide bonds. The first kappa shape index (κ1) is 17.7. The van der Waals surface area contributed by atoms with Crippen molar-refractivity contribution in [2.24, 2.45) is 0 Å². The van der Waals surface area contributed by atoms with Crippen molar-refractivity contribution in [2.75, 3.05) is 18.0 Å². The third-order valence-corrected chi connectivity index (χ3v) is 6.63. The second-order valence-corrected chi connectivity index (χ2v) is 8.51. The largest absolute Gasteiger partial charge is 0.355 e. The number of nitriles is 1. The number of hydrogen-bond acceptors (Lipinski definition) is 5. The van der Waals surface area contributed by atoms with E-state index in [0.29, 0.717) is 5.92 Å². The lowest BCUT2D eigenvalue weighted by molar-refractivity contribution is 0.463. The predicted octanol–water partition coefficient (Wildman–Crippen LogP) is 3.53. The molecule has 3 aliphatic rings. The standard InChI is InChI=1S/C22H28N6/c23-14-18-13-16-7-3-4-9-19(16)24-21(18)27-11-6-8-17(15-27)22-26-25-20-10-2-1-5-12-28(20)22/h13,17H,1-12,15H2/t17-/m1/s1. The van der Waals surface area contributed by atoms with Crippen LogP contribution in [-0.4, -0.2) is 32.8 Å². The molecule has 0 N–H and O–H groups in total. The van der Waals surface area contributed by atoms with Gasteiger partial charge in [0.25, 0.3) is 0 Å². The molecule has 0 bridgehead atoms. The van der Waals surface area contributed by atoms with Gasteiger partial charge in [0.15, 0.2) is 0 Å². The van der Waals surface area contributed by atoms with E-state index < -0.39 is 0 Å². The summed E-state index contributed by atoms with van der Waals surface area (Å²) >= 11 is 0. The van der Waals surface area contributed by atoms with Gasteiger partial charge in [0.2, 0.25) is 0 Å². The van der Waals surface area contributed by atoms with Crippen molar-refractivity contribution in [2.45, 2.75) is 76.7 Å². The molecule has 146 valence electrons. The summed E-state index contributed by atoms with van der Waals surface area (Å²) < 4.78 is 2.38. The Morgan fingerprint density at radius 3 is 2.79 bits per heavy atom. The zero-order valence-electron chi connectivity index (χ0n) is 16.5. The van der Waals surface area contributed by atoms with E-state index in [2.05, 4.69) is 31.8 Å². The van der Waals surface area contributed by atoms with Crippen LogP contribution in [0.3, 0.4) is 0 Å². The molecular weight excluding hydrogens is 348 g/mol. The molecule has 5 rings (SSSR count). The van der Waals surface area contributed by atoms with Gasteiger partial charge in [-0.3, -0.25) is 0 Å². The van der Waals surface area contributed by atoms with Crippen molar-refractivity contribution in [1.82, 2.24) is 19.7 Å². The summed E-state index contributed by atoms with van der Waals surface area (Å²) in [6, 6.07) is 4.51. The van der Waals surface area contributed by atoms with Gasteiger partial charge < -0.3 is 9.47 Å². The lowest BCUT2D eigenvalue weighted by Gasteiger charge is -2.34. The second kappa shape index (κ2) is 7.54. The van der Waals surface area contributed by atoms with E-state index in [0.717, 1.165) is 74.8 Å². The third kappa shape index (κ3) is 3.17. The van der Waals surface area contributed by atoms with E-state index in [1.165, 1.54) is 43.4 Å². The van der Waals surface area contributed by atoms with Gasteiger partial charge >= 0.3 is 0 Å². The summed E-state index contributed by atoms with van der Waals surface area (Å²) in [5.41, 5.74) is 3.22. The monoisotopic (exact) mass is 376 g/mol. The number of piperidine rings is 1. The minimum atomic E-state index is 0.373. The van der Waals surface area contributed by atoms with Gasteiger partial charge in [-0.25, -0.2) is 4.98 Å². The molecule has 1 fully saturated rings. The molecule has 2 aromatic heterocycles. The Morgan fingerprint density at radius 2 is 1.86 bits per heavy atom. The number of anilines is 1. The van der Waals surface area contributed by atoms with Gasteiger partial charge in [-0.15, -0.1) is 10.2 Å². The average Bonchev–Trinajstić information content (AvgIpc) is 3.01. The topological polar surface area (TPSA) is 70.6 Å². The van der Waals surface area contributed by atoms with Crippen molar-refractivity contribution >= 4 is 5.82 Å².